The highest BCUT2D eigenvalue weighted by Crippen LogP contribution is 2.17. The van der Waals surface area contributed by atoms with Gasteiger partial charge in [0.15, 0.2) is 0 Å². The second-order valence-electron chi connectivity index (χ2n) is 5.13. The van der Waals surface area contributed by atoms with Gasteiger partial charge in [-0.1, -0.05) is 22.9 Å². The van der Waals surface area contributed by atoms with Crippen LogP contribution in [-0.2, 0) is 0 Å². The summed E-state index contributed by atoms with van der Waals surface area (Å²) < 4.78 is 0.997. The molecule has 1 unspecified atom stereocenters. The number of aryl methyl sites for hydroxylation is 1. The van der Waals surface area contributed by atoms with Crippen LogP contribution in [0.4, 0.5) is 11.6 Å². The monoisotopic (exact) mass is 362 g/mol. The number of anilines is 2. The van der Waals surface area contributed by atoms with Gasteiger partial charge in [-0.15, -0.1) is 0 Å². The van der Waals surface area contributed by atoms with Crippen molar-refractivity contribution in [3.63, 3.8) is 0 Å². The molecule has 2 N–H and O–H groups in total. The van der Waals surface area contributed by atoms with E-state index in [0.717, 1.165) is 22.3 Å². The highest BCUT2D eigenvalue weighted by atomic mass is 79.9. The van der Waals surface area contributed by atoms with Crippen LogP contribution in [0.2, 0.25) is 0 Å². The van der Waals surface area contributed by atoms with Gasteiger partial charge in [-0.3, -0.25) is 4.79 Å². The first-order chi connectivity index (χ1) is 10.5. The smallest absolute Gasteiger partial charge is 0.270 e. The van der Waals surface area contributed by atoms with E-state index in [-0.39, 0.29) is 11.9 Å². The van der Waals surface area contributed by atoms with Gasteiger partial charge in [0.05, 0.1) is 0 Å². The first kappa shape index (κ1) is 16.4. The maximum atomic E-state index is 12.2. The second-order valence-corrected chi connectivity index (χ2v) is 6.05. The number of rotatable bonds is 5. The zero-order valence-corrected chi connectivity index (χ0v) is 14.4. The van der Waals surface area contributed by atoms with Gasteiger partial charge in [-0.25, -0.2) is 9.97 Å². The third kappa shape index (κ3) is 4.53. The number of carbonyl (C=O) groups is 1. The molecule has 2 aromatic rings. The molecule has 116 valence electrons. The van der Waals surface area contributed by atoms with E-state index >= 15 is 0 Å². The summed E-state index contributed by atoms with van der Waals surface area (Å²) in [5.41, 5.74) is 1.97. The van der Waals surface area contributed by atoms with Crippen LogP contribution in [0.5, 0.6) is 0 Å². The van der Waals surface area contributed by atoms with Crippen molar-refractivity contribution in [2.45, 2.75) is 33.2 Å². The van der Waals surface area contributed by atoms with Crippen LogP contribution >= 0.6 is 15.9 Å². The highest BCUT2D eigenvalue weighted by molar-refractivity contribution is 9.10. The van der Waals surface area contributed by atoms with Gasteiger partial charge in [-0.05, 0) is 50.6 Å². The minimum atomic E-state index is -0.182. The molecule has 0 spiro atoms. The van der Waals surface area contributed by atoms with E-state index < -0.39 is 0 Å². The van der Waals surface area contributed by atoms with E-state index in [0.29, 0.717) is 11.6 Å². The van der Waals surface area contributed by atoms with Crippen molar-refractivity contribution in [3.8, 4) is 0 Å². The molecule has 0 saturated heterocycles. The van der Waals surface area contributed by atoms with Crippen molar-refractivity contribution >= 4 is 33.5 Å². The maximum absolute atomic E-state index is 12.2. The molecule has 1 atom stereocenters. The summed E-state index contributed by atoms with van der Waals surface area (Å²) in [5, 5.41) is 6.02. The molecule has 5 nitrogen and oxygen atoms in total. The largest absolute Gasteiger partial charge is 0.348 e. The van der Waals surface area contributed by atoms with E-state index in [1.807, 2.05) is 45.0 Å². The van der Waals surface area contributed by atoms with Gasteiger partial charge in [0.2, 0.25) is 5.95 Å². The van der Waals surface area contributed by atoms with Crippen molar-refractivity contribution in [2.24, 2.45) is 0 Å². The van der Waals surface area contributed by atoms with Gasteiger partial charge in [0.1, 0.15) is 5.69 Å². The summed E-state index contributed by atoms with van der Waals surface area (Å²) in [5.74, 6) is 0.232. The normalized spacial score (nSPS) is 11.8. The molecule has 0 saturated carbocycles. The summed E-state index contributed by atoms with van der Waals surface area (Å²) in [4.78, 5) is 20.8. The lowest BCUT2D eigenvalue weighted by Crippen LogP contribution is -2.32. The van der Waals surface area contributed by atoms with Crippen molar-refractivity contribution in [1.82, 2.24) is 15.3 Å². The molecular formula is C16H19BrN4O. The Bertz CT molecular complexity index is 658. The zero-order valence-electron chi connectivity index (χ0n) is 12.9. The molecule has 0 aliphatic carbocycles. The van der Waals surface area contributed by atoms with E-state index in [2.05, 4.69) is 36.5 Å². The van der Waals surface area contributed by atoms with Gasteiger partial charge in [0, 0.05) is 21.9 Å². The molecular weight excluding hydrogens is 344 g/mol. The second kappa shape index (κ2) is 7.35. The molecule has 1 amide bonds. The first-order valence-electron chi connectivity index (χ1n) is 7.17. The molecule has 6 heteroatoms. The lowest BCUT2D eigenvalue weighted by molar-refractivity contribution is 0.0934. The van der Waals surface area contributed by atoms with Crippen molar-refractivity contribution in [2.75, 3.05) is 5.32 Å². The van der Waals surface area contributed by atoms with Crippen molar-refractivity contribution in [3.05, 3.63) is 46.2 Å². The van der Waals surface area contributed by atoms with Crippen LogP contribution in [0.15, 0.2) is 34.8 Å². The molecule has 1 heterocycles. The van der Waals surface area contributed by atoms with E-state index in [1.165, 1.54) is 0 Å². The number of nitrogens with zero attached hydrogens (tertiary/aromatic N) is 2. The Labute approximate surface area is 138 Å². The molecule has 1 aromatic heterocycles. The van der Waals surface area contributed by atoms with Crippen LogP contribution in [-0.4, -0.2) is 21.9 Å². The number of benzene rings is 1. The van der Waals surface area contributed by atoms with Gasteiger partial charge >= 0.3 is 0 Å². The molecule has 0 aliphatic heterocycles. The van der Waals surface area contributed by atoms with Crippen LogP contribution in [0, 0.1) is 6.92 Å². The maximum Gasteiger partial charge on any atom is 0.270 e. The number of hydrogen-bond donors (Lipinski definition) is 2. The third-order valence-electron chi connectivity index (χ3n) is 3.18. The Morgan fingerprint density at radius 3 is 2.59 bits per heavy atom. The predicted octanol–water partition coefficient (Wildman–Crippen LogP) is 3.82. The Balaban J connectivity index is 2.19. The Morgan fingerprint density at radius 1 is 1.27 bits per heavy atom. The summed E-state index contributed by atoms with van der Waals surface area (Å²) in [6, 6.07) is 9.47. The quantitative estimate of drug-likeness (QED) is 0.848. The van der Waals surface area contributed by atoms with Crippen molar-refractivity contribution < 1.29 is 4.79 Å². The van der Waals surface area contributed by atoms with Crippen LogP contribution in [0.3, 0.4) is 0 Å². The van der Waals surface area contributed by atoms with Crippen LogP contribution in [0.1, 0.15) is 36.5 Å². The summed E-state index contributed by atoms with van der Waals surface area (Å²) in [6.45, 7) is 5.83. The fourth-order valence-corrected chi connectivity index (χ4v) is 2.07. The van der Waals surface area contributed by atoms with E-state index in [1.54, 1.807) is 6.07 Å². The van der Waals surface area contributed by atoms with Gasteiger partial charge in [0.25, 0.3) is 5.91 Å². The fourth-order valence-electron chi connectivity index (χ4n) is 1.80. The standard InChI is InChI=1S/C16H19BrN4O/c1-4-10(2)18-15(22)14-9-11(3)19-16(21-14)20-13-7-5-12(17)6-8-13/h5-10H,4H2,1-3H3,(H,18,22)(H,19,20,21). The zero-order chi connectivity index (χ0) is 16.1. The van der Waals surface area contributed by atoms with E-state index in [9.17, 15) is 4.79 Å². The predicted molar refractivity (Wildman–Crippen MR) is 91.4 cm³/mol. The summed E-state index contributed by atoms with van der Waals surface area (Å²) in [6.07, 6.45) is 0.875. The van der Waals surface area contributed by atoms with Gasteiger partial charge < -0.3 is 10.6 Å². The Morgan fingerprint density at radius 2 is 1.95 bits per heavy atom. The number of amides is 1. The summed E-state index contributed by atoms with van der Waals surface area (Å²) >= 11 is 3.39. The van der Waals surface area contributed by atoms with Crippen LogP contribution < -0.4 is 10.6 Å². The van der Waals surface area contributed by atoms with E-state index in [4.69, 9.17) is 0 Å². The molecule has 1 aromatic carbocycles. The number of nitrogens with one attached hydrogen (secondary N) is 2. The minimum absolute atomic E-state index is 0.116. The molecule has 0 radical (unpaired) electrons. The molecule has 22 heavy (non-hydrogen) atoms. The summed E-state index contributed by atoms with van der Waals surface area (Å²) in [7, 11) is 0. The van der Waals surface area contributed by atoms with Gasteiger partial charge in [-0.2, -0.15) is 0 Å². The average Bonchev–Trinajstić information content (AvgIpc) is 2.49. The first-order valence-corrected chi connectivity index (χ1v) is 7.96. The molecule has 0 fully saturated rings. The number of carbonyl (C=O) groups excluding carboxylic acids is 1. The Kier molecular flexibility index (Phi) is 5.49. The minimum Gasteiger partial charge on any atom is -0.348 e. The number of hydrogen-bond acceptors (Lipinski definition) is 4. The molecule has 2 rings (SSSR count). The topological polar surface area (TPSA) is 66.9 Å². The third-order valence-corrected chi connectivity index (χ3v) is 3.71. The molecule has 0 aliphatic rings. The van der Waals surface area contributed by atoms with Crippen LogP contribution in [0.25, 0.3) is 0 Å². The lowest BCUT2D eigenvalue weighted by Gasteiger charge is -2.12. The highest BCUT2D eigenvalue weighted by Gasteiger charge is 2.12. The fraction of sp³-hybridized carbons (Fsp3) is 0.312. The average molecular weight is 363 g/mol. The Hall–Kier alpha value is -1.95. The molecule has 0 bridgehead atoms. The van der Waals surface area contributed by atoms with Crippen molar-refractivity contribution in [1.29, 1.82) is 0 Å². The lowest BCUT2D eigenvalue weighted by atomic mass is 10.2. The SMILES string of the molecule is CCC(C)NC(=O)c1cc(C)nc(Nc2ccc(Br)cc2)n1. The number of aromatic nitrogens is 2. The number of halogens is 1.